The number of rotatable bonds is 1. The molecule has 0 bridgehead atoms. The molecule has 1 fully saturated rings. The molecule has 0 aromatic heterocycles. The molecule has 3 amide bonds. The molecular weight excluding hydrogens is 299 g/mol. The number of carbonyl (C=O) groups excluding carboxylic acids is 3. The van der Waals surface area contributed by atoms with E-state index in [4.69, 9.17) is 0 Å². The lowest BCUT2D eigenvalue weighted by Gasteiger charge is -2.29. The van der Waals surface area contributed by atoms with Crippen LogP contribution in [0, 0.1) is 5.82 Å². The standard InChI is InChI=1S/C17H19FN2O3/c1-17(2,3)11-5-4-9-10(14(11)18)8-20(16(9)23)12-6-7-13(21)19-15(12)22/h4-5,12H,6-8H2,1-3H3,(H,19,21,22). The quantitative estimate of drug-likeness (QED) is 0.804. The molecule has 0 spiro atoms. The SMILES string of the molecule is CC(C)(C)c1ccc2c(c1F)CN(C1CCC(=O)NC1=O)C2=O. The molecule has 0 saturated carbocycles. The molecule has 5 nitrogen and oxygen atoms in total. The molecule has 1 atom stereocenters. The van der Waals surface area contributed by atoms with Crippen LogP contribution >= 0.6 is 0 Å². The summed E-state index contributed by atoms with van der Waals surface area (Å²) in [7, 11) is 0. The lowest BCUT2D eigenvalue weighted by atomic mass is 9.85. The summed E-state index contributed by atoms with van der Waals surface area (Å²) >= 11 is 0. The van der Waals surface area contributed by atoms with Crippen molar-refractivity contribution in [3.8, 4) is 0 Å². The summed E-state index contributed by atoms with van der Waals surface area (Å²) in [4.78, 5) is 37.1. The Morgan fingerprint density at radius 2 is 1.91 bits per heavy atom. The maximum absolute atomic E-state index is 14.8. The highest BCUT2D eigenvalue weighted by Crippen LogP contribution is 2.34. The molecule has 2 heterocycles. The zero-order valence-corrected chi connectivity index (χ0v) is 13.4. The molecule has 1 unspecified atom stereocenters. The average molecular weight is 318 g/mol. The zero-order valence-electron chi connectivity index (χ0n) is 13.4. The molecule has 2 aliphatic rings. The van der Waals surface area contributed by atoms with Crippen LogP contribution in [0.4, 0.5) is 4.39 Å². The van der Waals surface area contributed by atoms with Crippen LogP contribution in [0.2, 0.25) is 0 Å². The molecule has 6 heteroatoms. The Balaban J connectivity index is 1.95. The Labute approximate surface area is 133 Å². The summed E-state index contributed by atoms with van der Waals surface area (Å²) in [5, 5.41) is 2.24. The van der Waals surface area contributed by atoms with Crippen molar-refractivity contribution in [3.63, 3.8) is 0 Å². The van der Waals surface area contributed by atoms with Crippen molar-refractivity contribution < 1.29 is 18.8 Å². The minimum atomic E-state index is -0.718. The molecule has 122 valence electrons. The first-order valence-electron chi connectivity index (χ1n) is 7.66. The Hall–Kier alpha value is -2.24. The van der Waals surface area contributed by atoms with Gasteiger partial charge in [0.05, 0.1) is 6.54 Å². The number of halogens is 1. The molecule has 3 rings (SSSR count). The molecule has 23 heavy (non-hydrogen) atoms. The fourth-order valence-corrected chi connectivity index (χ4v) is 3.18. The van der Waals surface area contributed by atoms with E-state index in [1.165, 1.54) is 4.90 Å². The third-order valence-corrected chi connectivity index (χ3v) is 4.46. The largest absolute Gasteiger partial charge is 0.322 e. The number of nitrogens with zero attached hydrogens (tertiary/aromatic N) is 1. The predicted octanol–water partition coefficient (Wildman–Crippen LogP) is 1.88. The van der Waals surface area contributed by atoms with Gasteiger partial charge in [0.1, 0.15) is 11.9 Å². The van der Waals surface area contributed by atoms with Crippen molar-refractivity contribution in [1.82, 2.24) is 10.2 Å². The van der Waals surface area contributed by atoms with Crippen molar-refractivity contribution >= 4 is 17.7 Å². The van der Waals surface area contributed by atoms with Gasteiger partial charge in [-0.3, -0.25) is 19.7 Å². The fourth-order valence-electron chi connectivity index (χ4n) is 3.18. The summed E-state index contributed by atoms with van der Waals surface area (Å²) < 4.78 is 14.8. The highest BCUT2D eigenvalue weighted by molar-refractivity contribution is 6.05. The zero-order chi connectivity index (χ0) is 16.9. The van der Waals surface area contributed by atoms with Gasteiger partial charge in [-0.1, -0.05) is 26.8 Å². The van der Waals surface area contributed by atoms with E-state index >= 15 is 0 Å². The maximum Gasteiger partial charge on any atom is 0.255 e. The second-order valence-electron chi connectivity index (χ2n) is 7.10. The van der Waals surface area contributed by atoms with Gasteiger partial charge in [0.2, 0.25) is 11.8 Å². The van der Waals surface area contributed by atoms with E-state index in [0.717, 1.165) is 0 Å². The minimum absolute atomic E-state index is 0.0657. The lowest BCUT2D eigenvalue weighted by molar-refractivity contribution is -0.136. The Bertz CT molecular complexity index is 721. The van der Waals surface area contributed by atoms with Gasteiger partial charge in [-0.15, -0.1) is 0 Å². The minimum Gasteiger partial charge on any atom is -0.322 e. The van der Waals surface area contributed by atoms with Crippen molar-refractivity contribution in [2.24, 2.45) is 0 Å². The van der Waals surface area contributed by atoms with E-state index in [1.807, 2.05) is 20.8 Å². The van der Waals surface area contributed by atoms with Crippen LogP contribution in [0.1, 0.15) is 55.1 Å². The van der Waals surface area contributed by atoms with Crippen LogP contribution in [0.5, 0.6) is 0 Å². The summed E-state index contributed by atoms with van der Waals surface area (Å²) in [5.74, 6) is -1.55. The van der Waals surface area contributed by atoms with E-state index in [0.29, 0.717) is 16.7 Å². The number of fused-ring (bicyclic) bond motifs is 1. The van der Waals surface area contributed by atoms with E-state index in [1.54, 1.807) is 12.1 Å². The number of piperidine rings is 1. The Morgan fingerprint density at radius 3 is 2.52 bits per heavy atom. The van der Waals surface area contributed by atoms with Gasteiger partial charge >= 0.3 is 0 Å². The number of carbonyl (C=O) groups is 3. The van der Waals surface area contributed by atoms with Gasteiger partial charge < -0.3 is 4.90 Å². The maximum atomic E-state index is 14.8. The number of nitrogens with one attached hydrogen (secondary N) is 1. The first-order valence-corrected chi connectivity index (χ1v) is 7.66. The second kappa shape index (κ2) is 5.15. The molecule has 1 N–H and O–H groups in total. The molecular formula is C17H19FN2O3. The topological polar surface area (TPSA) is 66.5 Å². The predicted molar refractivity (Wildman–Crippen MR) is 81.1 cm³/mol. The molecule has 1 aromatic carbocycles. The molecule has 2 aliphatic heterocycles. The van der Waals surface area contributed by atoms with Crippen molar-refractivity contribution in [2.75, 3.05) is 0 Å². The van der Waals surface area contributed by atoms with Crippen molar-refractivity contribution in [2.45, 2.75) is 51.6 Å². The first kappa shape index (κ1) is 15.6. The monoisotopic (exact) mass is 318 g/mol. The smallest absolute Gasteiger partial charge is 0.255 e. The third-order valence-electron chi connectivity index (χ3n) is 4.46. The van der Waals surface area contributed by atoms with Gasteiger partial charge in [-0.2, -0.15) is 0 Å². The van der Waals surface area contributed by atoms with Gasteiger partial charge in [0.25, 0.3) is 5.91 Å². The van der Waals surface area contributed by atoms with Crippen LogP contribution < -0.4 is 5.32 Å². The highest BCUT2D eigenvalue weighted by Gasteiger charge is 2.41. The first-order chi connectivity index (χ1) is 10.7. The van der Waals surface area contributed by atoms with Gasteiger partial charge in [0, 0.05) is 17.5 Å². The van der Waals surface area contributed by atoms with Gasteiger partial charge in [0.15, 0.2) is 0 Å². The van der Waals surface area contributed by atoms with Gasteiger partial charge in [-0.25, -0.2) is 4.39 Å². The number of amides is 3. The third kappa shape index (κ3) is 2.52. The number of hydrogen-bond acceptors (Lipinski definition) is 3. The number of hydrogen-bond donors (Lipinski definition) is 1. The van der Waals surface area contributed by atoms with Crippen LogP contribution in [-0.4, -0.2) is 28.7 Å². The van der Waals surface area contributed by atoms with Crippen LogP contribution in [0.15, 0.2) is 12.1 Å². The summed E-state index contributed by atoms with van der Waals surface area (Å²) in [6, 6.07) is 2.55. The summed E-state index contributed by atoms with van der Waals surface area (Å²) in [6.45, 7) is 5.79. The van der Waals surface area contributed by atoms with E-state index in [-0.39, 0.29) is 42.4 Å². The van der Waals surface area contributed by atoms with Crippen molar-refractivity contribution in [3.05, 3.63) is 34.6 Å². The van der Waals surface area contributed by atoms with E-state index < -0.39 is 11.9 Å². The van der Waals surface area contributed by atoms with Gasteiger partial charge in [-0.05, 0) is 23.5 Å². The number of imide groups is 1. The molecule has 1 aromatic rings. The van der Waals surface area contributed by atoms with E-state index in [9.17, 15) is 18.8 Å². The van der Waals surface area contributed by atoms with Crippen molar-refractivity contribution in [1.29, 1.82) is 0 Å². The lowest BCUT2D eigenvalue weighted by Crippen LogP contribution is -2.52. The Kier molecular flexibility index (Phi) is 3.50. The highest BCUT2D eigenvalue weighted by atomic mass is 19.1. The fraction of sp³-hybridized carbons (Fsp3) is 0.471. The Morgan fingerprint density at radius 1 is 1.22 bits per heavy atom. The molecule has 1 saturated heterocycles. The van der Waals surface area contributed by atoms with E-state index in [2.05, 4.69) is 5.32 Å². The van der Waals surface area contributed by atoms with Crippen LogP contribution in [-0.2, 0) is 21.5 Å². The summed E-state index contributed by atoms with van der Waals surface area (Å²) in [6.07, 6.45) is 0.463. The second-order valence-corrected chi connectivity index (χ2v) is 7.10. The average Bonchev–Trinajstić information content (AvgIpc) is 2.76. The normalized spacial score (nSPS) is 21.5. The van der Waals surface area contributed by atoms with Crippen LogP contribution in [0.3, 0.4) is 0 Å². The summed E-state index contributed by atoms with van der Waals surface area (Å²) in [5.41, 5.74) is 0.825. The number of benzene rings is 1. The molecule has 0 aliphatic carbocycles. The molecule has 0 radical (unpaired) electrons. The van der Waals surface area contributed by atoms with Crippen LogP contribution in [0.25, 0.3) is 0 Å².